The van der Waals surface area contributed by atoms with Crippen LogP contribution in [0.5, 0.6) is 11.5 Å². The van der Waals surface area contributed by atoms with E-state index in [1.807, 2.05) is 6.07 Å². The van der Waals surface area contributed by atoms with Gasteiger partial charge in [0, 0.05) is 22.7 Å². The van der Waals surface area contributed by atoms with Crippen molar-refractivity contribution in [3.05, 3.63) is 95.1 Å². The highest BCUT2D eigenvalue weighted by Gasteiger charge is 2.08. The van der Waals surface area contributed by atoms with Gasteiger partial charge in [0.25, 0.3) is 5.91 Å². The molecule has 6 heteroatoms. The average molecular weight is 436 g/mol. The number of rotatable bonds is 8. The molecular weight excluding hydrogens is 414 g/mol. The first-order valence-electron chi connectivity index (χ1n) is 9.66. The third kappa shape index (κ3) is 5.96. The molecular formula is C25H22ClNO4. The number of carbonyl (C=O) groups is 2. The lowest BCUT2D eigenvalue weighted by Crippen LogP contribution is -2.11. The predicted molar refractivity (Wildman–Crippen MR) is 123 cm³/mol. The summed E-state index contributed by atoms with van der Waals surface area (Å²) >= 11 is 5.74. The van der Waals surface area contributed by atoms with E-state index in [-0.39, 0.29) is 17.4 Å². The molecule has 0 aliphatic carbocycles. The molecule has 3 aromatic carbocycles. The van der Waals surface area contributed by atoms with Crippen LogP contribution in [0.2, 0.25) is 0 Å². The first kappa shape index (κ1) is 22.1. The van der Waals surface area contributed by atoms with Crippen LogP contribution < -0.4 is 10.1 Å². The maximum Gasteiger partial charge on any atom is 0.255 e. The van der Waals surface area contributed by atoms with Crippen molar-refractivity contribution >= 4 is 35.1 Å². The van der Waals surface area contributed by atoms with Gasteiger partial charge in [0.05, 0.1) is 7.11 Å². The monoisotopic (exact) mass is 435 g/mol. The molecule has 0 heterocycles. The standard InChI is InChI=1S/C25H22ClNO4/c1-31-22-9-6-18(7-10-22)25(30)27-21-4-2-3-17(15-21)5-11-23(28)19-8-12-24(29)20(16-19)13-14-26/h2-12,15-16,29H,13-14H2,1H3,(H,27,30). The number of benzene rings is 3. The molecule has 31 heavy (non-hydrogen) atoms. The van der Waals surface area contributed by atoms with E-state index in [4.69, 9.17) is 16.3 Å². The number of hydrogen-bond acceptors (Lipinski definition) is 4. The number of aryl methyl sites for hydroxylation is 1. The van der Waals surface area contributed by atoms with Gasteiger partial charge in [0.2, 0.25) is 0 Å². The highest BCUT2D eigenvalue weighted by molar-refractivity contribution is 6.18. The van der Waals surface area contributed by atoms with Crippen molar-refractivity contribution in [3.63, 3.8) is 0 Å². The van der Waals surface area contributed by atoms with Crippen LogP contribution in [0.25, 0.3) is 6.08 Å². The molecule has 158 valence electrons. The van der Waals surface area contributed by atoms with Crippen LogP contribution in [-0.2, 0) is 6.42 Å². The Bertz CT molecular complexity index is 1110. The summed E-state index contributed by atoms with van der Waals surface area (Å²) in [7, 11) is 1.57. The summed E-state index contributed by atoms with van der Waals surface area (Å²) in [4.78, 5) is 24.9. The fourth-order valence-electron chi connectivity index (χ4n) is 2.97. The molecule has 0 fully saturated rings. The number of hydrogen-bond donors (Lipinski definition) is 2. The number of aromatic hydroxyl groups is 1. The van der Waals surface area contributed by atoms with Gasteiger partial charge in [0.15, 0.2) is 5.78 Å². The van der Waals surface area contributed by atoms with Gasteiger partial charge in [0.1, 0.15) is 11.5 Å². The van der Waals surface area contributed by atoms with Crippen molar-refractivity contribution in [2.75, 3.05) is 18.3 Å². The van der Waals surface area contributed by atoms with Crippen molar-refractivity contribution in [1.82, 2.24) is 0 Å². The molecule has 5 nitrogen and oxygen atoms in total. The number of anilines is 1. The first-order valence-corrected chi connectivity index (χ1v) is 10.2. The van der Waals surface area contributed by atoms with Gasteiger partial charge in [-0.2, -0.15) is 0 Å². The summed E-state index contributed by atoms with van der Waals surface area (Å²) in [5, 5.41) is 12.7. The summed E-state index contributed by atoms with van der Waals surface area (Å²) in [6, 6.07) is 18.7. The van der Waals surface area contributed by atoms with Crippen molar-refractivity contribution in [3.8, 4) is 11.5 Å². The number of nitrogens with one attached hydrogen (secondary N) is 1. The lowest BCUT2D eigenvalue weighted by Gasteiger charge is -2.07. The van der Waals surface area contributed by atoms with Gasteiger partial charge in [-0.3, -0.25) is 9.59 Å². The number of alkyl halides is 1. The SMILES string of the molecule is COc1ccc(C(=O)Nc2cccc(C=CC(=O)c3ccc(O)c(CCCl)c3)c2)cc1. The predicted octanol–water partition coefficient (Wildman–Crippen LogP) is 5.33. The molecule has 0 aromatic heterocycles. The van der Waals surface area contributed by atoms with Crippen molar-refractivity contribution in [1.29, 1.82) is 0 Å². The molecule has 0 spiro atoms. The fraction of sp³-hybridized carbons (Fsp3) is 0.120. The van der Waals surface area contributed by atoms with Crippen LogP contribution in [-0.4, -0.2) is 29.8 Å². The molecule has 3 rings (SSSR count). The number of amides is 1. The first-order chi connectivity index (χ1) is 15.0. The quantitative estimate of drug-likeness (QED) is 0.285. The van der Waals surface area contributed by atoms with E-state index >= 15 is 0 Å². The van der Waals surface area contributed by atoms with Crippen LogP contribution >= 0.6 is 11.6 Å². The molecule has 3 aromatic rings. The van der Waals surface area contributed by atoms with E-state index in [2.05, 4.69) is 5.32 Å². The molecule has 0 aliphatic rings. The van der Waals surface area contributed by atoms with E-state index in [1.165, 1.54) is 12.1 Å². The van der Waals surface area contributed by atoms with Crippen LogP contribution in [0.4, 0.5) is 5.69 Å². The van der Waals surface area contributed by atoms with Gasteiger partial charge in [-0.1, -0.05) is 18.2 Å². The summed E-state index contributed by atoms with van der Waals surface area (Å²) in [6.45, 7) is 0. The second-order valence-electron chi connectivity index (χ2n) is 6.79. The van der Waals surface area contributed by atoms with Crippen LogP contribution in [0.3, 0.4) is 0 Å². The fourth-order valence-corrected chi connectivity index (χ4v) is 3.18. The zero-order chi connectivity index (χ0) is 22.2. The third-order valence-corrected chi connectivity index (χ3v) is 4.84. The summed E-state index contributed by atoms with van der Waals surface area (Å²) < 4.78 is 5.10. The normalized spacial score (nSPS) is 10.8. The summed E-state index contributed by atoms with van der Waals surface area (Å²) in [5.41, 5.74) is 3.00. The molecule has 0 radical (unpaired) electrons. The van der Waals surface area contributed by atoms with Crippen LogP contribution in [0.15, 0.2) is 72.8 Å². The molecule has 0 bridgehead atoms. The molecule has 1 amide bonds. The highest BCUT2D eigenvalue weighted by Crippen LogP contribution is 2.21. The van der Waals surface area contributed by atoms with Crippen molar-refractivity contribution in [2.24, 2.45) is 0 Å². The van der Waals surface area contributed by atoms with Crippen LogP contribution in [0.1, 0.15) is 31.8 Å². The topological polar surface area (TPSA) is 75.6 Å². The summed E-state index contributed by atoms with van der Waals surface area (Å²) in [5.74, 6) is 0.730. The number of phenols is 1. The minimum atomic E-state index is -0.240. The second-order valence-corrected chi connectivity index (χ2v) is 7.17. The second kappa shape index (κ2) is 10.5. The Morgan fingerprint density at radius 1 is 1.03 bits per heavy atom. The lowest BCUT2D eigenvalue weighted by atomic mass is 10.0. The zero-order valence-corrected chi connectivity index (χ0v) is 17.7. The Kier molecular flexibility index (Phi) is 7.46. The van der Waals surface area contributed by atoms with Gasteiger partial charge in [-0.25, -0.2) is 0 Å². The molecule has 0 unspecified atom stereocenters. The molecule has 0 saturated heterocycles. The van der Waals surface area contributed by atoms with Gasteiger partial charge < -0.3 is 15.2 Å². The zero-order valence-electron chi connectivity index (χ0n) is 17.0. The molecule has 0 atom stereocenters. The van der Waals surface area contributed by atoms with E-state index in [9.17, 15) is 14.7 Å². The smallest absolute Gasteiger partial charge is 0.255 e. The average Bonchev–Trinajstić information content (AvgIpc) is 2.79. The van der Waals surface area contributed by atoms with Crippen molar-refractivity contribution in [2.45, 2.75) is 6.42 Å². The van der Waals surface area contributed by atoms with Gasteiger partial charge in [-0.05, 0) is 78.2 Å². The third-order valence-electron chi connectivity index (χ3n) is 4.65. The lowest BCUT2D eigenvalue weighted by molar-refractivity contribution is 0.102. The number of phenolic OH excluding ortho intramolecular Hbond substituents is 1. The number of carbonyl (C=O) groups excluding carboxylic acids is 2. The largest absolute Gasteiger partial charge is 0.508 e. The van der Waals surface area contributed by atoms with E-state index < -0.39 is 0 Å². The van der Waals surface area contributed by atoms with E-state index in [1.54, 1.807) is 67.8 Å². The van der Waals surface area contributed by atoms with Gasteiger partial charge in [-0.15, -0.1) is 11.6 Å². The number of ether oxygens (including phenoxy) is 1. The Morgan fingerprint density at radius 3 is 2.48 bits per heavy atom. The van der Waals surface area contributed by atoms with Gasteiger partial charge >= 0.3 is 0 Å². The Hall–Kier alpha value is -3.57. The maximum absolute atomic E-state index is 12.5. The van der Waals surface area contributed by atoms with E-state index in [0.29, 0.717) is 40.4 Å². The number of ketones is 1. The number of halogens is 1. The maximum atomic E-state index is 12.5. The highest BCUT2D eigenvalue weighted by atomic mass is 35.5. The van der Waals surface area contributed by atoms with Crippen LogP contribution in [0, 0.1) is 0 Å². The van der Waals surface area contributed by atoms with Crippen molar-refractivity contribution < 1.29 is 19.4 Å². The number of allylic oxidation sites excluding steroid dienone is 1. The Balaban J connectivity index is 1.69. The number of methoxy groups -OCH3 is 1. The summed E-state index contributed by atoms with van der Waals surface area (Å²) in [6.07, 6.45) is 3.62. The minimum Gasteiger partial charge on any atom is -0.508 e. The Morgan fingerprint density at radius 2 is 1.77 bits per heavy atom. The van der Waals surface area contributed by atoms with E-state index in [0.717, 1.165) is 5.56 Å². The Labute approximate surface area is 185 Å². The molecule has 0 saturated carbocycles. The minimum absolute atomic E-state index is 0.126. The molecule has 0 aliphatic heterocycles. The molecule has 2 N–H and O–H groups in total.